The van der Waals surface area contributed by atoms with Gasteiger partial charge in [-0.2, -0.15) is 0 Å². The van der Waals surface area contributed by atoms with Crippen molar-refractivity contribution >= 4 is 12.1 Å². The molecule has 1 fully saturated rings. The van der Waals surface area contributed by atoms with Crippen LogP contribution in [0.3, 0.4) is 0 Å². The molecule has 2 rings (SSSR count). The first-order valence-corrected chi connectivity index (χ1v) is 7.73. The summed E-state index contributed by atoms with van der Waals surface area (Å²) in [6.45, 7) is 6.44. The molecule has 0 spiro atoms. The maximum atomic E-state index is 12.1. The van der Waals surface area contributed by atoms with E-state index in [-0.39, 0.29) is 12.6 Å². The van der Waals surface area contributed by atoms with Crippen LogP contribution in [-0.4, -0.2) is 46.8 Å². The van der Waals surface area contributed by atoms with Gasteiger partial charge in [0.15, 0.2) is 0 Å². The van der Waals surface area contributed by atoms with Gasteiger partial charge in [-0.25, -0.2) is 4.79 Å². The third kappa shape index (κ3) is 4.99. The van der Waals surface area contributed by atoms with Gasteiger partial charge in [-0.3, -0.25) is 4.79 Å². The smallest absolute Gasteiger partial charge is 0.410 e. The van der Waals surface area contributed by atoms with E-state index < -0.39 is 23.6 Å². The summed E-state index contributed by atoms with van der Waals surface area (Å²) in [4.78, 5) is 25.1. The lowest BCUT2D eigenvalue weighted by atomic mass is 9.92. The molecule has 1 aliphatic rings. The number of carboxylic acids is 1. The van der Waals surface area contributed by atoms with E-state index in [0.717, 1.165) is 5.76 Å². The summed E-state index contributed by atoms with van der Waals surface area (Å²) >= 11 is 0. The first kappa shape index (κ1) is 17.3. The molecule has 0 saturated carbocycles. The quantitative estimate of drug-likeness (QED) is 0.881. The first-order valence-electron chi connectivity index (χ1n) is 7.73. The second-order valence-electron chi connectivity index (χ2n) is 6.73. The van der Waals surface area contributed by atoms with Crippen LogP contribution in [0.15, 0.2) is 22.8 Å². The highest BCUT2D eigenvalue weighted by atomic mass is 16.6. The summed E-state index contributed by atoms with van der Waals surface area (Å²) in [5, 5.41) is 12.7. The van der Waals surface area contributed by atoms with Crippen LogP contribution in [0.5, 0.6) is 0 Å². The van der Waals surface area contributed by atoms with Crippen LogP contribution in [0.25, 0.3) is 0 Å². The fourth-order valence-electron chi connectivity index (χ4n) is 2.58. The molecule has 1 amide bonds. The second kappa shape index (κ2) is 7.04. The van der Waals surface area contributed by atoms with Gasteiger partial charge in [0.1, 0.15) is 11.4 Å². The Kier molecular flexibility index (Phi) is 5.30. The molecule has 2 heterocycles. The minimum atomic E-state index is -0.921. The number of carbonyl (C=O) groups excluding carboxylic acids is 1. The Labute approximate surface area is 135 Å². The van der Waals surface area contributed by atoms with Gasteiger partial charge in [0, 0.05) is 19.1 Å². The predicted molar refractivity (Wildman–Crippen MR) is 82.9 cm³/mol. The van der Waals surface area contributed by atoms with E-state index in [1.165, 1.54) is 4.90 Å². The van der Waals surface area contributed by atoms with Gasteiger partial charge in [0.25, 0.3) is 0 Å². The molecule has 0 aliphatic carbocycles. The van der Waals surface area contributed by atoms with Crippen molar-refractivity contribution in [2.75, 3.05) is 13.1 Å². The van der Waals surface area contributed by atoms with E-state index in [1.54, 1.807) is 33.1 Å². The highest BCUT2D eigenvalue weighted by Gasteiger charge is 2.37. The van der Waals surface area contributed by atoms with Gasteiger partial charge in [0.2, 0.25) is 0 Å². The molecule has 0 aromatic carbocycles. The maximum Gasteiger partial charge on any atom is 0.410 e. The summed E-state index contributed by atoms with van der Waals surface area (Å²) in [5.41, 5.74) is -0.593. The molecule has 0 bridgehead atoms. The highest BCUT2D eigenvalue weighted by molar-refractivity contribution is 5.74. The molecule has 1 aromatic rings. The zero-order valence-corrected chi connectivity index (χ0v) is 13.7. The lowest BCUT2D eigenvalue weighted by Gasteiger charge is -2.37. The molecule has 1 aromatic heterocycles. The third-order valence-electron chi connectivity index (χ3n) is 3.70. The zero-order valence-electron chi connectivity index (χ0n) is 13.7. The Balaban J connectivity index is 1.94. The summed E-state index contributed by atoms with van der Waals surface area (Å²) in [5.74, 6) is -0.842. The lowest BCUT2D eigenvalue weighted by molar-refractivity contribution is -0.144. The highest BCUT2D eigenvalue weighted by Crippen LogP contribution is 2.21. The Hall–Kier alpha value is -2.02. The standard InChI is InChI=1S/C16H24N2O5/c1-16(2,3)23-15(21)18-7-6-13(12(10-18)14(19)20)17-9-11-5-4-8-22-11/h4-5,8,12-13,17H,6-7,9-10H2,1-3H3,(H,19,20)/t12-,13-/m1/s1. The maximum absolute atomic E-state index is 12.1. The van der Waals surface area contributed by atoms with Crippen molar-refractivity contribution in [2.24, 2.45) is 5.92 Å². The Morgan fingerprint density at radius 2 is 2.22 bits per heavy atom. The van der Waals surface area contributed by atoms with E-state index in [0.29, 0.717) is 19.5 Å². The van der Waals surface area contributed by atoms with Crippen molar-refractivity contribution in [3.8, 4) is 0 Å². The summed E-state index contributed by atoms with van der Waals surface area (Å²) in [6, 6.07) is 3.41. The number of aliphatic carboxylic acids is 1. The Morgan fingerprint density at radius 3 is 2.78 bits per heavy atom. The molecule has 7 heteroatoms. The monoisotopic (exact) mass is 324 g/mol. The minimum Gasteiger partial charge on any atom is -0.481 e. The number of likely N-dealkylation sites (tertiary alicyclic amines) is 1. The molecular formula is C16H24N2O5. The number of furan rings is 1. The van der Waals surface area contributed by atoms with Crippen LogP contribution in [0.1, 0.15) is 33.0 Å². The van der Waals surface area contributed by atoms with Gasteiger partial charge >= 0.3 is 12.1 Å². The second-order valence-corrected chi connectivity index (χ2v) is 6.73. The fraction of sp³-hybridized carbons (Fsp3) is 0.625. The number of amides is 1. The molecule has 2 N–H and O–H groups in total. The van der Waals surface area contributed by atoms with Gasteiger partial charge in [0.05, 0.1) is 18.7 Å². The van der Waals surface area contributed by atoms with Crippen molar-refractivity contribution in [3.05, 3.63) is 24.2 Å². The van der Waals surface area contributed by atoms with E-state index in [4.69, 9.17) is 9.15 Å². The predicted octanol–water partition coefficient (Wildman–Crippen LogP) is 2.08. The van der Waals surface area contributed by atoms with Crippen LogP contribution < -0.4 is 5.32 Å². The average molecular weight is 324 g/mol. The van der Waals surface area contributed by atoms with E-state index in [1.807, 2.05) is 6.07 Å². The van der Waals surface area contributed by atoms with Crippen molar-refractivity contribution in [3.63, 3.8) is 0 Å². The van der Waals surface area contributed by atoms with Crippen LogP contribution in [0, 0.1) is 5.92 Å². The molecule has 23 heavy (non-hydrogen) atoms. The molecule has 1 saturated heterocycles. The van der Waals surface area contributed by atoms with Crippen LogP contribution >= 0.6 is 0 Å². The lowest BCUT2D eigenvalue weighted by Crippen LogP contribution is -2.54. The number of nitrogens with one attached hydrogen (secondary N) is 1. The molecule has 0 radical (unpaired) electrons. The third-order valence-corrected chi connectivity index (χ3v) is 3.70. The number of carboxylic acid groups (broad SMARTS) is 1. The minimum absolute atomic E-state index is 0.139. The van der Waals surface area contributed by atoms with Gasteiger partial charge < -0.3 is 24.5 Å². The number of piperidine rings is 1. The number of carbonyl (C=O) groups is 2. The summed E-state index contributed by atoms with van der Waals surface area (Å²) in [7, 11) is 0. The first-order chi connectivity index (χ1) is 10.8. The normalized spacial score (nSPS) is 22.0. The number of ether oxygens (including phenoxy) is 1. The molecule has 1 aliphatic heterocycles. The van der Waals surface area contributed by atoms with Crippen molar-refractivity contribution in [1.29, 1.82) is 0 Å². The van der Waals surface area contributed by atoms with Crippen molar-refractivity contribution in [1.82, 2.24) is 10.2 Å². The van der Waals surface area contributed by atoms with Gasteiger partial charge in [-0.1, -0.05) is 0 Å². The molecule has 2 atom stereocenters. The fourth-order valence-corrected chi connectivity index (χ4v) is 2.58. The van der Waals surface area contributed by atoms with E-state index in [9.17, 15) is 14.7 Å². The van der Waals surface area contributed by atoms with E-state index >= 15 is 0 Å². The van der Waals surface area contributed by atoms with Crippen molar-refractivity contribution < 1.29 is 23.8 Å². The van der Waals surface area contributed by atoms with E-state index in [2.05, 4.69) is 5.32 Å². The van der Waals surface area contributed by atoms with Crippen LogP contribution in [0.4, 0.5) is 4.79 Å². The van der Waals surface area contributed by atoms with Crippen molar-refractivity contribution in [2.45, 2.75) is 45.4 Å². The number of hydrogen-bond acceptors (Lipinski definition) is 5. The number of nitrogens with zero attached hydrogens (tertiary/aromatic N) is 1. The van der Waals surface area contributed by atoms with Crippen LogP contribution in [0.2, 0.25) is 0 Å². The Morgan fingerprint density at radius 1 is 1.48 bits per heavy atom. The molecule has 0 unspecified atom stereocenters. The number of rotatable bonds is 4. The SMILES string of the molecule is CC(C)(C)OC(=O)N1CC[C@@H](NCc2ccco2)[C@H](C(=O)O)C1. The Bertz CT molecular complexity index is 535. The average Bonchev–Trinajstić information content (AvgIpc) is 2.96. The number of hydrogen-bond donors (Lipinski definition) is 2. The van der Waals surface area contributed by atoms with Gasteiger partial charge in [-0.15, -0.1) is 0 Å². The largest absolute Gasteiger partial charge is 0.481 e. The topological polar surface area (TPSA) is 92.0 Å². The molecule has 7 nitrogen and oxygen atoms in total. The summed E-state index contributed by atoms with van der Waals surface area (Å²) in [6.07, 6.45) is 1.67. The molecular weight excluding hydrogens is 300 g/mol. The summed E-state index contributed by atoms with van der Waals surface area (Å²) < 4.78 is 10.6. The van der Waals surface area contributed by atoms with Gasteiger partial charge in [-0.05, 0) is 39.3 Å². The molecule has 128 valence electrons. The van der Waals surface area contributed by atoms with Crippen LogP contribution in [-0.2, 0) is 16.1 Å². The zero-order chi connectivity index (χ0) is 17.0.